The summed E-state index contributed by atoms with van der Waals surface area (Å²) in [6, 6.07) is 8.89. The van der Waals surface area contributed by atoms with E-state index in [1.807, 2.05) is 12.1 Å². The first-order valence-electron chi connectivity index (χ1n) is 4.83. The van der Waals surface area contributed by atoms with Crippen molar-refractivity contribution in [1.82, 2.24) is 4.98 Å². The summed E-state index contributed by atoms with van der Waals surface area (Å²) in [5.74, 6) is 0.610. The standard InChI is InChI=1S/C12H9BrN2O2/c13-9-1-3-10(4-2-9)17-11-5-8(12(14)16)6-15-7-11/h1-7H,(H2,14,16). The maximum atomic E-state index is 11.0. The monoisotopic (exact) mass is 292 g/mol. The maximum Gasteiger partial charge on any atom is 0.250 e. The van der Waals surface area contributed by atoms with Crippen LogP contribution < -0.4 is 10.5 Å². The van der Waals surface area contributed by atoms with Crippen molar-refractivity contribution in [2.24, 2.45) is 5.73 Å². The number of nitrogens with zero attached hydrogens (tertiary/aromatic N) is 1. The van der Waals surface area contributed by atoms with Gasteiger partial charge in [0.15, 0.2) is 0 Å². The van der Waals surface area contributed by atoms with Gasteiger partial charge in [0.2, 0.25) is 5.91 Å². The van der Waals surface area contributed by atoms with Gasteiger partial charge in [-0.1, -0.05) is 15.9 Å². The molecule has 0 atom stereocenters. The molecule has 0 aliphatic carbocycles. The molecule has 1 heterocycles. The molecule has 0 spiro atoms. The Hall–Kier alpha value is -1.88. The number of halogens is 1. The number of aromatic nitrogens is 1. The lowest BCUT2D eigenvalue weighted by molar-refractivity contribution is 0.0999. The Balaban J connectivity index is 2.21. The molecule has 1 aromatic carbocycles. The predicted octanol–water partition coefficient (Wildman–Crippen LogP) is 2.74. The molecular weight excluding hydrogens is 284 g/mol. The van der Waals surface area contributed by atoms with E-state index in [0.717, 1.165) is 4.47 Å². The van der Waals surface area contributed by atoms with Crippen LogP contribution in [0.4, 0.5) is 0 Å². The number of nitrogens with two attached hydrogens (primary N) is 1. The topological polar surface area (TPSA) is 65.2 Å². The molecule has 0 aliphatic rings. The van der Waals surface area contributed by atoms with Gasteiger partial charge in [0.1, 0.15) is 11.5 Å². The van der Waals surface area contributed by atoms with E-state index in [1.54, 1.807) is 18.2 Å². The average molecular weight is 293 g/mol. The largest absolute Gasteiger partial charge is 0.456 e. The van der Waals surface area contributed by atoms with Gasteiger partial charge in [-0.25, -0.2) is 0 Å². The van der Waals surface area contributed by atoms with Gasteiger partial charge >= 0.3 is 0 Å². The molecule has 0 unspecified atom stereocenters. The van der Waals surface area contributed by atoms with Crippen molar-refractivity contribution in [3.05, 3.63) is 52.8 Å². The van der Waals surface area contributed by atoms with Crippen molar-refractivity contribution < 1.29 is 9.53 Å². The van der Waals surface area contributed by atoms with Crippen molar-refractivity contribution in [1.29, 1.82) is 0 Å². The van der Waals surface area contributed by atoms with Gasteiger partial charge in [0.25, 0.3) is 0 Å². The lowest BCUT2D eigenvalue weighted by Crippen LogP contribution is -2.11. The van der Waals surface area contributed by atoms with E-state index < -0.39 is 5.91 Å². The molecular formula is C12H9BrN2O2. The van der Waals surface area contributed by atoms with E-state index in [0.29, 0.717) is 17.1 Å². The maximum absolute atomic E-state index is 11.0. The molecule has 17 heavy (non-hydrogen) atoms. The minimum Gasteiger partial charge on any atom is -0.456 e. The lowest BCUT2D eigenvalue weighted by Gasteiger charge is -2.05. The highest BCUT2D eigenvalue weighted by atomic mass is 79.9. The van der Waals surface area contributed by atoms with Gasteiger partial charge in [0, 0.05) is 10.7 Å². The van der Waals surface area contributed by atoms with Crippen molar-refractivity contribution >= 4 is 21.8 Å². The van der Waals surface area contributed by atoms with Crippen molar-refractivity contribution in [2.45, 2.75) is 0 Å². The fourth-order valence-electron chi connectivity index (χ4n) is 1.25. The number of pyridine rings is 1. The molecule has 4 nitrogen and oxygen atoms in total. The second-order valence-corrected chi connectivity index (χ2v) is 4.25. The number of carbonyl (C=O) groups excluding carboxylic acids is 1. The van der Waals surface area contributed by atoms with Crippen LogP contribution >= 0.6 is 15.9 Å². The fourth-order valence-corrected chi connectivity index (χ4v) is 1.51. The number of primary amides is 1. The number of rotatable bonds is 3. The number of hydrogen-bond acceptors (Lipinski definition) is 3. The minimum absolute atomic E-state index is 0.319. The van der Waals surface area contributed by atoms with Gasteiger partial charge in [-0.3, -0.25) is 9.78 Å². The summed E-state index contributed by atoms with van der Waals surface area (Å²) in [5, 5.41) is 0. The van der Waals surface area contributed by atoms with Crippen molar-refractivity contribution in [2.75, 3.05) is 0 Å². The summed E-state index contributed by atoms with van der Waals surface area (Å²) >= 11 is 3.33. The smallest absolute Gasteiger partial charge is 0.250 e. The highest BCUT2D eigenvalue weighted by molar-refractivity contribution is 9.10. The summed E-state index contributed by atoms with van der Waals surface area (Å²) < 4.78 is 6.50. The van der Waals surface area contributed by atoms with Crippen LogP contribution in [0.25, 0.3) is 0 Å². The van der Waals surface area contributed by atoms with E-state index in [2.05, 4.69) is 20.9 Å². The molecule has 0 saturated heterocycles. The number of ether oxygens (including phenoxy) is 1. The normalized spacial score (nSPS) is 9.94. The van der Waals surface area contributed by atoms with E-state index in [4.69, 9.17) is 10.5 Å². The minimum atomic E-state index is -0.529. The molecule has 1 aromatic heterocycles. The number of hydrogen-bond donors (Lipinski definition) is 1. The zero-order valence-electron chi connectivity index (χ0n) is 8.76. The summed E-state index contributed by atoms with van der Waals surface area (Å²) in [4.78, 5) is 14.9. The van der Waals surface area contributed by atoms with E-state index in [-0.39, 0.29) is 0 Å². The van der Waals surface area contributed by atoms with Gasteiger partial charge < -0.3 is 10.5 Å². The zero-order chi connectivity index (χ0) is 12.3. The SMILES string of the molecule is NC(=O)c1cncc(Oc2ccc(Br)cc2)c1. The summed E-state index contributed by atoms with van der Waals surface area (Å²) in [5.41, 5.74) is 5.47. The third kappa shape index (κ3) is 3.04. The molecule has 0 fully saturated rings. The van der Waals surface area contributed by atoms with E-state index >= 15 is 0 Å². The highest BCUT2D eigenvalue weighted by Crippen LogP contribution is 2.23. The number of benzene rings is 1. The molecule has 2 N–H and O–H groups in total. The molecule has 86 valence electrons. The van der Waals surface area contributed by atoms with Crippen LogP contribution in [-0.2, 0) is 0 Å². The van der Waals surface area contributed by atoms with Gasteiger partial charge in [0.05, 0.1) is 11.8 Å². The zero-order valence-corrected chi connectivity index (χ0v) is 10.3. The van der Waals surface area contributed by atoms with Crippen LogP contribution in [0.15, 0.2) is 47.2 Å². The lowest BCUT2D eigenvalue weighted by atomic mass is 10.2. The van der Waals surface area contributed by atoms with Crippen LogP contribution in [0.1, 0.15) is 10.4 Å². The molecule has 2 rings (SSSR count). The third-order valence-electron chi connectivity index (χ3n) is 2.05. The highest BCUT2D eigenvalue weighted by Gasteiger charge is 2.03. The average Bonchev–Trinajstić information content (AvgIpc) is 2.32. The molecule has 0 saturated carbocycles. The second kappa shape index (κ2) is 4.97. The van der Waals surface area contributed by atoms with Crippen LogP contribution in [-0.4, -0.2) is 10.9 Å². The van der Waals surface area contributed by atoms with E-state index in [1.165, 1.54) is 12.4 Å². The number of amides is 1. The Morgan fingerprint density at radius 2 is 1.88 bits per heavy atom. The predicted molar refractivity (Wildman–Crippen MR) is 67.0 cm³/mol. The Morgan fingerprint density at radius 3 is 2.53 bits per heavy atom. The first-order valence-corrected chi connectivity index (χ1v) is 5.63. The summed E-state index contributed by atoms with van der Waals surface area (Å²) in [6.07, 6.45) is 2.92. The molecule has 0 aliphatic heterocycles. The van der Waals surface area contributed by atoms with Gasteiger partial charge in [-0.15, -0.1) is 0 Å². The summed E-state index contributed by atoms with van der Waals surface area (Å²) in [7, 11) is 0. The first kappa shape index (κ1) is 11.6. The molecule has 2 aromatic rings. The molecule has 5 heteroatoms. The molecule has 0 bridgehead atoms. The van der Waals surface area contributed by atoms with Gasteiger partial charge in [-0.2, -0.15) is 0 Å². The van der Waals surface area contributed by atoms with E-state index in [9.17, 15) is 4.79 Å². The van der Waals surface area contributed by atoms with Crippen LogP contribution in [0, 0.1) is 0 Å². The fraction of sp³-hybridized carbons (Fsp3) is 0. The van der Waals surface area contributed by atoms with Crippen LogP contribution in [0.3, 0.4) is 0 Å². The second-order valence-electron chi connectivity index (χ2n) is 3.33. The Labute approximate surface area is 107 Å². The van der Waals surface area contributed by atoms with Crippen molar-refractivity contribution in [3.63, 3.8) is 0 Å². The molecule has 1 amide bonds. The van der Waals surface area contributed by atoms with Crippen molar-refractivity contribution in [3.8, 4) is 11.5 Å². The quantitative estimate of drug-likeness (QED) is 0.946. The first-order chi connectivity index (χ1) is 8.15. The van der Waals surface area contributed by atoms with Crippen LogP contribution in [0.2, 0.25) is 0 Å². The third-order valence-corrected chi connectivity index (χ3v) is 2.58. The Kier molecular flexibility index (Phi) is 3.39. The molecule has 0 radical (unpaired) electrons. The Bertz CT molecular complexity index is 540. The van der Waals surface area contributed by atoms with Crippen LogP contribution in [0.5, 0.6) is 11.5 Å². The summed E-state index contributed by atoms with van der Waals surface area (Å²) in [6.45, 7) is 0. The Morgan fingerprint density at radius 1 is 1.18 bits per heavy atom. The number of carbonyl (C=O) groups is 1. The van der Waals surface area contributed by atoms with Gasteiger partial charge in [-0.05, 0) is 30.3 Å².